The van der Waals surface area contributed by atoms with E-state index in [1.807, 2.05) is 24.9 Å². The molecule has 0 amide bonds. The minimum atomic E-state index is -0.300. The first-order valence-corrected chi connectivity index (χ1v) is 5.93. The van der Waals surface area contributed by atoms with E-state index in [-0.39, 0.29) is 11.9 Å². The highest BCUT2D eigenvalue weighted by atomic mass is 16.3. The predicted molar refractivity (Wildman–Crippen MR) is 68.4 cm³/mol. The Morgan fingerprint density at radius 1 is 1.53 bits per heavy atom. The highest BCUT2D eigenvalue weighted by molar-refractivity contribution is 5.94. The second-order valence-electron chi connectivity index (χ2n) is 4.24. The van der Waals surface area contributed by atoms with Gasteiger partial charge in [-0.25, -0.2) is 0 Å². The van der Waals surface area contributed by atoms with Gasteiger partial charge in [0.15, 0.2) is 5.78 Å². The second-order valence-corrected chi connectivity index (χ2v) is 4.24. The Balaban J connectivity index is 2.63. The molecule has 4 nitrogen and oxygen atoms in total. The average molecular weight is 236 g/mol. The number of nitrogens with zero attached hydrogens (tertiary/aromatic N) is 2. The van der Waals surface area contributed by atoms with Gasteiger partial charge in [0, 0.05) is 20.0 Å². The molecule has 0 bridgehead atoms. The summed E-state index contributed by atoms with van der Waals surface area (Å²) in [5.74, 6) is 0.0585. The minimum Gasteiger partial charge on any atom is -0.393 e. The average Bonchev–Trinajstić information content (AvgIpc) is 2.35. The lowest BCUT2D eigenvalue weighted by atomic mass is 10.2. The molecule has 0 saturated carbocycles. The van der Waals surface area contributed by atoms with Crippen LogP contribution in [0, 0.1) is 0 Å². The molecule has 1 aromatic rings. The quantitative estimate of drug-likeness (QED) is 0.766. The van der Waals surface area contributed by atoms with E-state index in [1.165, 1.54) is 0 Å². The highest BCUT2D eigenvalue weighted by Gasteiger charge is 2.07. The minimum absolute atomic E-state index is 0.0585. The van der Waals surface area contributed by atoms with Gasteiger partial charge in [0.2, 0.25) is 0 Å². The van der Waals surface area contributed by atoms with Gasteiger partial charge in [0.05, 0.1) is 18.0 Å². The molecule has 0 aliphatic carbocycles. The lowest BCUT2D eigenvalue weighted by Gasteiger charge is -2.19. The third-order valence-corrected chi connectivity index (χ3v) is 2.68. The standard InChI is InChI=1S/C13H20N2O2/c1-4-13(17)12-6-5-11(9-14-12)15(3)8-7-10(2)16/h5-6,9-10,16H,4,7-8H2,1-3H3. The summed E-state index contributed by atoms with van der Waals surface area (Å²) in [6.45, 7) is 4.36. The number of rotatable bonds is 6. The van der Waals surface area contributed by atoms with Crippen LogP contribution in [0.25, 0.3) is 0 Å². The molecule has 1 N–H and O–H groups in total. The molecule has 0 radical (unpaired) electrons. The van der Waals surface area contributed by atoms with Gasteiger partial charge in [-0.1, -0.05) is 6.92 Å². The van der Waals surface area contributed by atoms with E-state index in [0.29, 0.717) is 18.5 Å². The number of carbonyl (C=O) groups is 1. The summed E-state index contributed by atoms with van der Waals surface area (Å²) in [6.07, 6.45) is 2.59. The molecule has 94 valence electrons. The Labute approximate surface area is 102 Å². The van der Waals surface area contributed by atoms with E-state index in [4.69, 9.17) is 0 Å². The number of carbonyl (C=O) groups excluding carboxylic acids is 1. The normalized spacial score (nSPS) is 12.2. The van der Waals surface area contributed by atoms with E-state index in [1.54, 1.807) is 19.2 Å². The van der Waals surface area contributed by atoms with Crippen LogP contribution in [-0.4, -0.2) is 35.6 Å². The fraction of sp³-hybridized carbons (Fsp3) is 0.538. The van der Waals surface area contributed by atoms with Crippen LogP contribution in [0.5, 0.6) is 0 Å². The maximum Gasteiger partial charge on any atom is 0.180 e. The third kappa shape index (κ3) is 4.15. The molecule has 0 spiro atoms. The molecule has 17 heavy (non-hydrogen) atoms. The summed E-state index contributed by atoms with van der Waals surface area (Å²) in [5.41, 5.74) is 1.47. The maximum atomic E-state index is 11.4. The molecule has 0 aromatic carbocycles. The van der Waals surface area contributed by atoms with Crippen LogP contribution >= 0.6 is 0 Å². The van der Waals surface area contributed by atoms with Gasteiger partial charge in [0.25, 0.3) is 0 Å². The van der Waals surface area contributed by atoms with Gasteiger partial charge in [0.1, 0.15) is 5.69 Å². The van der Waals surface area contributed by atoms with Crippen LogP contribution < -0.4 is 4.90 Å². The molecular weight excluding hydrogens is 216 g/mol. The van der Waals surface area contributed by atoms with Gasteiger partial charge in [-0.3, -0.25) is 9.78 Å². The number of aliphatic hydroxyl groups excluding tert-OH is 1. The molecule has 1 unspecified atom stereocenters. The molecule has 0 fully saturated rings. The van der Waals surface area contributed by atoms with Gasteiger partial charge < -0.3 is 10.0 Å². The number of hydrogen-bond donors (Lipinski definition) is 1. The van der Waals surface area contributed by atoms with Crippen LogP contribution in [0.1, 0.15) is 37.2 Å². The summed E-state index contributed by atoms with van der Waals surface area (Å²) in [5, 5.41) is 9.21. The van der Waals surface area contributed by atoms with Crippen molar-refractivity contribution < 1.29 is 9.90 Å². The van der Waals surface area contributed by atoms with Gasteiger partial charge in [-0.05, 0) is 25.5 Å². The van der Waals surface area contributed by atoms with Crippen molar-refractivity contribution in [2.24, 2.45) is 0 Å². The zero-order valence-electron chi connectivity index (χ0n) is 10.7. The van der Waals surface area contributed by atoms with E-state index >= 15 is 0 Å². The SMILES string of the molecule is CCC(=O)c1ccc(N(C)CCC(C)O)cn1. The van der Waals surface area contributed by atoms with Crippen molar-refractivity contribution >= 4 is 11.5 Å². The zero-order valence-corrected chi connectivity index (χ0v) is 10.7. The summed E-state index contributed by atoms with van der Waals surface area (Å²) in [4.78, 5) is 17.6. The molecule has 4 heteroatoms. The Hall–Kier alpha value is -1.42. The molecule has 1 rings (SSSR count). The van der Waals surface area contributed by atoms with Crippen molar-refractivity contribution in [3.63, 3.8) is 0 Å². The zero-order chi connectivity index (χ0) is 12.8. The Morgan fingerprint density at radius 2 is 2.24 bits per heavy atom. The van der Waals surface area contributed by atoms with Crippen LogP contribution in [0.15, 0.2) is 18.3 Å². The van der Waals surface area contributed by atoms with E-state index in [9.17, 15) is 9.90 Å². The number of aliphatic hydroxyl groups is 1. The second kappa shape index (κ2) is 6.35. The van der Waals surface area contributed by atoms with Crippen LogP contribution in [-0.2, 0) is 0 Å². The summed E-state index contributed by atoms with van der Waals surface area (Å²) in [6, 6.07) is 3.64. The lowest BCUT2D eigenvalue weighted by molar-refractivity contribution is 0.0983. The Kier molecular flexibility index (Phi) is 5.10. The van der Waals surface area contributed by atoms with Crippen LogP contribution in [0.3, 0.4) is 0 Å². The summed E-state index contributed by atoms with van der Waals surface area (Å²) in [7, 11) is 1.95. The first kappa shape index (κ1) is 13.6. The van der Waals surface area contributed by atoms with Crippen LogP contribution in [0.4, 0.5) is 5.69 Å². The van der Waals surface area contributed by atoms with Gasteiger partial charge in [-0.2, -0.15) is 0 Å². The molecule has 1 atom stereocenters. The number of anilines is 1. The van der Waals surface area contributed by atoms with E-state index in [0.717, 1.165) is 12.2 Å². The lowest BCUT2D eigenvalue weighted by Crippen LogP contribution is -2.22. The van der Waals surface area contributed by atoms with Gasteiger partial charge in [-0.15, -0.1) is 0 Å². The van der Waals surface area contributed by atoms with Crippen LogP contribution in [0.2, 0.25) is 0 Å². The number of hydrogen-bond acceptors (Lipinski definition) is 4. The molecule has 1 aromatic heterocycles. The number of aromatic nitrogens is 1. The summed E-state index contributed by atoms with van der Waals surface area (Å²) >= 11 is 0. The topological polar surface area (TPSA) is 53.4 Å². The Bertz CT molecular complexity index is 360. The molecule has 0 aliphatic heterocycles. The number of Topliss-reactive ketones (excluding diaryl/α,β-unsaturated/α-hetero) is 1. The molecule has 0 aliphatic rings. The molecule has 0 saturated heterocycles. The summed E-state index contributed by atoms with van der Waals surface area (Å²) < 4.78 is 0. The number of pyridine rings is 1. The fourth-order valence-corrected chi connectivity index (χ4v) is 1.47. The van der Waals surface area contributed by atoms with Crippen molar-refractivity contribution in [3.05, 3.63) is 24.0 Å². The predicted octanol–water partition coefficient (Wildman–Crippen LogP) is 1.88. The molecule has 1 heterocycles. The first-order chi connectivity index (χ1) is 8.04. The van der Waals surface area contributed by atoms with Crippen molar-refractivity contribution in [2.45, 2.75) is 32.8 Å². The molecular formula is C13H20N2O2. The maximum absolute atomic E-state index is 11.4. The largest absolute Gasteiger partial charge is 0.393 e. The number of ketones is 1. The van der Waals surface area contributed by atoms with E-state index in [2.05, 4.69) is 4.98 Å². The van der Waals surface area contributed by atoms with Crippen molar-refractivity contribution in [1.82, 2.24) is 4.98 Å². The van der Waals surface area contributed by atoms with Crippen molar-refractivity contribution in [3.8, 4) is 0 Å². The fourth-order valence-electron chi connectivity index (χ4n) is 1.47. The smallest absolute Gasteiger partial charge is 0.180 e. The van der Waals surface area contributed by atoms with E-state index < -0.39 is 0 Å². The first-order valence-electron chi connectivity index (χ1n) is 5.93. The van der Waals surface area contributed by atoms with Crippen molar-refractivity contribution in [1.29, 1.82) is 0 Å². The van der Waals surface area contributed by atoms with Gasteiger partial charge >= 0.3 is 0 Å². The third-order valence-electron chi connectivity index (χ3n) is 2.68. The monoisotopic (exact) mass is 236 g/mol. The highest BCUT2D eigenvalue weighted by Crippen LogP contribution is 2.12. The Morgan fingerprint density at radius 3 is 2.71 bits per heavy atom. The van der Waals surface area contributed by atoms with Crippen molar-refractivity contribution in [2.75, 3.05) is 18.5 Å².